The maximum absolute atomic E-state index is 14.6. The van der Waals surface area contributed by atoms with Crippen molar-refractivity contribution in [3.8, 4) is 6.01 Å². The molecular weight excluding hydrogens is 523 g/mol. The molecule has 40 heavy (non-hydrogen) atoms. The number of ether oxygens (including phenoxy) is 3. The van der Waals surface area contributed by atoms with Crippen LogP contribution in [0.2, 0.25) is 0 Å². The minimum atomic E-state index is -3.02. The first kappa shape index (κ1) is 26.3. The second-order valence-electron chi connectivity index (χ2n) is 12.2. The van der Waals surface area contributed by atoms with Gasteiger partial charge in [0.1, 0.15) is 25.2 Å². The number of hydrogen-bond acceptors (Lipinski definition) is 8. The molecule has 1 aromatic heterocycles. The number of nitrogen functional groups attached to an aromatic ring is 1. The van der Waals surface area contributed by atoms with Crippen molar-refractivity contribution in [2.45, 2.75) is 74.8 Å². The van der Waals surface area contributed by atoms with Gasteiger partial charge in [-0.3, -0.25) is 4.90 Å². The highest BCUT2D eigenvalue weighted by molar-refractivity contribution is 5.54. The summed E-state index contributed by atoms with van der Waals surface area (Å²) in [7, 11) is 0. The predicted molar refractivity (Wildman–Crippen MR) is 143 cm³/mol. The van der Waals surface area contributed by atoms with Crippen molar-refractivity contribution in [3.05, 3.63) is 40.6 Å². The second kappa shape index (κ2) is 9.73. The highest BCUT2D eigenvalue weighted by Crippen LogP contribution is 2.47. The van der Waals surface area contributed by atoms with E-state index in [-0.39, 0.29) is 37.9 Å². The highest BCUT2D eigenvalue weighted by atomic mass is 19.3. The number of hydrogen-bond donors (Lipinski definition) is 1. The molecule has 7 rings (SSSR count). The summed E-state index contributed by atoms with van der Waals surface area (Å²) in [6.07, 6.45) is 4.60. The van der Waals surface area contributed by atoms with Crippen LogP contribution in [0.3, 0.4) is 0 Å². The zero-order valence-corrected chi connectivity index (χ0v) is 22.6. The molecule has 3 fully saturated rings. The first-order chi connectivity index (χ1) is 19.2. The molecule has 0 radical (unpaired) electrons. The van der Waals surface area contributed by atoms with Crippen LogP contribution in [0.5, 0.6) is 6.01 Å². The third-order valence-corrected chi connectivity index (χ3v) is 9.42. The summed E-state index contributed by atoms with van der Waals surface area (Å²) < 4.78 is 61.7. The van der Waals surface area contributed by atoms with Crippen LogP contribution in [0.4, 0.5) is 24.7 Å². The smallest absolute Gasteiger partial charge is 0.318 e. The molecule has 1 unspecified atom stereocenters. The van der Waals surface area contributed by atoms with Gasteiger partial charge in [0.2, 0.25) is 0 Å². The van der Waals surface area contributed by atoms with Crippen molar-refractivity contribution >= 4 is 11.5 Å². The van der Waals surface area contributed by atoms with Crippen LogP contribution in [0, 0.1) is 0 Å². The lowest BCUT2D eigenvalue weighted by Gasteiger charge is -2.43. The van der Waals surface area contributed by atoms with Gasteiger partial charge in [-0.1, -0.05) is 6.07 Å². The molecule has 0 amide bonds. The molecule has 3 saturated heterocycles. The average molecular weight is 560 g/mol. The zero-order valence-electron chi connectivity index (χ0n) is 22.6. The van der Waals surface area contributed by atoms with E-state index in [2.05, 4.69) is 11.0 Å². The van der Waals surface area contributed by atoms with Crippen LogP contribution >= 0.6 is 0 Å². The molecule has 2 N–H and O–H groups in total. The van der Waals surface area contributed by atoms with Crippen molar-refractivity contribution < 1.29 is 27.4 Å². The molecule has 0 saturated carbocycles. The van der Waals surface area contributed by atoms with Crippen molar-refractivity contribution in [1.82, 2.24) is 14.9 Å². The van der Waals surface area contributed by atoms with Gasteiger partial charge in [-0.2, -0.15) is 9.97 Å². The largest absolute Gasteiger partial charge is 0.461 e. The van der Waals surface area contributed by atoms with E-state index in [0.29, 0.717) is 36.5 Å². The van der Waals surface area contributed by atoms with E-state index in [0.717, 1.165) is 49.9 Å². The summed E-state index contributed by atoms with van der Waals surface area (Å²) in [6.45, 7) is 1.04. The van der Waals surface area contributed by atoms with E-state index >= 15 is 0 Å². The Hall–Kier alpha value is -2.63. The third-order valence-electron chi connectivity index (χ3n) is 9.42. The topological polar surface area (TPSA) is 86.0 Å². The van der Waals surface area contributed by atoms with Crippen LogP contribution in [0.1, 0.15) is 54.5 Å². The molecule has 216 valence electrons. The fraction of sp³-hybridized carbons (Fsp3) is 0.655. The van der Waals surface area contributed by atoms with Crippen LogP contribution in [-0.2, 0) is 34.5 Å². The number of nitrogens with zero attached hydrogens (tertiary/aromatic N) is 4. The van der Waals surface area contributed by atoms with Gasteiger partial charge in [-0.05, 0) is 61.9 Å². The van der Waals surface area contributed by atoms with E-state index in [1.165, 1.54) is 5.56 Å². The SMILES string of the molecule is Nc1ccc2c(c1)C1(CCC2)Cc2nc(OC[C@@]34CCCN3C[C@H](F)C4)nc(N3CCOCC(F)(F)C3)c2CO1. The Morgan fingerprint density at radius 1 is 1.15 bits per heavy atom. The standard InChI is InChI=1S/C29H36F3N5O3/c30-20-12-27(6-2-8-37(27)14-20)17-39-26-34-24-13-28(7-1-3-19-4-5-21(33)11-23(19)28)40-15-22(24)25(35-26)36-9-10-38-18-29(31,32)16-36/h4-5,11,20H,1-3,6-10,12-18,33H2/t20-,27+,28?/m1/s1. The fourth-order valence-corrected chi connectivity index (χ4v) is 7.54. The predicted octanol–water partition coefficient (Wildman–Crippen LogP) is 3.79. The van der Waals surface area contributed by atoms with Crippen LogP contribution in [0.15, 0.2) is 18.2 Å². The summed E-state index contributed by atoms with van der Waals surface area (Å²) in [6, 6.07) is 6.12. The Labute approximate surface area is 232 Å². The lowest BCUT2D eigenvalue weighted by Crippen LogP contribution is -2.44. The number of aryl methyl sites for hydroxylation is 1. The number of halogens is 3. The Balaban J connectivity index is 1.26. The Kier molecular flexibility index (Phi) is 6.40. The molecule has 1 spiro atoms. The van der Waals surface area contributed by atoms with E-state index in [1.807, 2.05) is 12.1 Å². The first-order valence-electron chi connectivity index (χ1n) is 14.4. The number of rotatable bonds is 4. The van der Waals surface area contributed by atoms with Crippen molar-refractivity contribution in [2.75, 3.05) is 56.6 Å². The molecule has 5 heterocycles. The van der Waals surface area contributed by atoms with Crippen LogP contribution in [0.25, 0.3) is 0 Å². The number of fused-ring (bicyclic) bond motifs is 4. The maximum atomic E-state index is 14.6. The minimum absolute atomic E-state index is 0.145. The van der Waals surface area contributed by atoms with Gasteiger partial charge in [0, 0.05) is 37.2 Å². The van der Waals surface area contributed by atoms with Gasteiger partial charge in [0.05, 0.1) is 36.6 Å². The number of anilines is 2. The van der Waals surface area contributed by atoms with Gasteiger partial charge in [-0.25, -0.2) is 13.2 Å². The summed E-state index contributed by atoms with van der Waals surface area (Å²) >= 11 is 0. The lowest BCUT2D eigenvalue weighted by molar-refractivity contribution is -0.0856. The fourth-order valence-electron chi connectivity index (χ4n) is 7.54. The molecule has 8 nitrogen and oxygen atoms in total. The Bertz CT molecular complexity index is 1300. The summed E-state index contributed by atoms with van der Waals surface area (Å²) in [5, 5.41) is 0. The first-order valence-corrected chi connectivity index (χ1v) is 14.4. The molecule has 5 aliphatic rings. The average Bonchev–Trinajstić information content (AvgIpc) is 3.38. The zero-order chi connectivity index (χ0) is 27.5. The molecule has 1 aromatic carbocycles. The summed E-state index contributed by atoms with van der Waals surface area (Å²) in [5.41, 5.74) is 9.62. The highest BCUT2D eigenvalue weighted by Gasteiger charge is 2.50. The molecular formula is C29H36F3N5O3. The second-order valence-corrected chi connectivity index (χ2v) is 12.2. The van der Waals surface area contributed by atoms with E-state index in [1.54, 1.807) is 4.90 Å². The van der Waals surface area contributed by atoms with Crippen molar-refractivity contribution in [2.24, 2.45) is 0 Å². The van der Waals surface area contributed by atoms with E-state index in [9.17, 15) is 13.2 Å². The Morgan fingerprint density at radius 3 is 2.95 bits per heavy atom. The van der Waals surface area contributed by atoms with E-state index in [4.69, 9.17) is 29.9 Å². The number of nitrogens with two attached hydrogens (primary N) is 1. The van der Waals surface area contributed by atoms with Crippen molar-refractivity contribution in [1.29, 1.82) is 0 Å². The van der Waals surface area contributed by atoms with E-state index < -0.39 is 30.8 Å². The van der Waals surface area contributed by atoms with Crippen LogP contribution < -0.4 is 15.4 Å². The number of benzene rings is 1. The minimum Gasteiger partial charge on any atom is -0.461 e. The molecule has 0 bridgehead atoms. The monoisotopic (exact) mass is 559 g/mol. The van der Waals surface area contributed by atoms with Gasteiger partial charge in [0.15, 0.2) is 0 Å². The molecule has 2 aromatic rings. The van der Waals surface area contributed by atoms with Gasteiger partial charge in [-0.15, -0.1) is 0 Å². The maximum Gasteiger partial charge on any atom is 0.318 e. The molecule has 4 aliphatic heterocycles. The normalized spacial score (nSPS) is 31.5. The van der Waals surface area contributed by atoms with Crippen molar-refractivity contribution in [3.63, 3.8) is 0 Å². The molecule has 3 atom stereocenters. The molecule has 1 aliphatic carbocycles. The van der Waals surface area contributed by atoms with Crippen LogP contribution in [-0.4, -0.2) is 78.5 Å². The van der Waals surface area contributed by atoms with Gasteiger partial charge >= 0.3 is 6.01 Å². The summed E-state index contributed by atoms with van der Waals surface area (Å²) in [4.78, 5) is 13.3. The lowest BCUT2D eigenvalue weighted by atomic mass is 9.74. The van der Waals surface area contributed by atoms with Gasteiger partial charge in [0.25, 0.3) is 5.92 Å². The number of aromatic nitrogens is 2. The third kappa shape index (κ3) is 4.59. The number of alkyl halides is 3. The Morgan fingerprint density at radius 2 is 2.05 bits per heavy atom. The summed E-state index contributed by atoms with van der Waals surface area (Å²) in [5.74, 6) is -2.62. The van der Waals surface area contributed by atoms with Gasteiger partial charge < -0.3 is 24.8 Å². The molecule has 11 heteroatoms. The quantitative estimate of drug-likeness (QED) is 0.567.